The topological polar surface area (TPSA) is 95.5 Å². The van der Waals surface area contributed by atoms with E-state index in [2.05, 4.69) is 25.3 Å². The minimum Gasteiger partial charge on any atom is -0.357 e. The Bertz CT molecular complexity index is 575. The number of hydrogen-bond donors (Lipinski definition) is 3. The molecule has 1 aromatic rings. The van der Waals surface area contributed by atoms with Gasteiger partial charge in [-0.1, -0.05) is 0 Å². The average molecular weight is 475 g/mol. The molecule has 23 heavy (non-hydrogen) atoms. The second kappa shape index (κ2) is 12.0. The van der Waals surface area contributed by atoms with Crippen molar-refractivity contribution in [3.05, 3.63) is 16.1 Å². The summed E-state index contributed by atoms with van der Waals surface area (Å²) in [6.07, 6.45) is 2.71. The van der Waals surface area contributed by atoms with Gasteiger partial charge in [0.2, 0.25) is 10.0 Å². The van der Waals surface area contributed by atoms with Gasteiger partial charge in [0.1, 0.15) is 0 Å². The molecule has 10 heteroatoms. The van der Waals surface area contributed by atoms with E-state index in [4.69, 9.17) is 0 Å². The summed E-state index contributed by atoms with van der Waals surface area (Å²) in [4.78, 5) is 9.86. The predicted molar refractivity (Wildman–Crippen MR) is 107 cm³/mol. The molecule has 0 saturated heterocycles. The molecule has 7 nitrogen and oxygen atoms in total. The third-order valence-corrected chi connectivity index (χ3v) is 5.10. The molecule has 0 aliphatic heterocycles. The number of halogens is 1. The lowest BCUT2D eigenvalue weighted by Gasteiger charge is -2.10. The number of hydrogen-bond acceptors (Lipinski definition) is 5. The molecule has 0 aliphatic carbocycles. The van der Waals surface area contributed by atoms with E-state index in [0.717, 1.165) is 24.5 Å². The van der Waals surface area contributed by atoms with Gasteiger partial charge in [0.05, 0.1) is 17.3 Å². The number of guanidine groups is 1. The first-order chi connectivity index (χ1) is 10.5. The van der Waals surface area contributed by atoms with Gasteiger partial charge in [0, 0.05) is 37.1 Å². The van der Waals surface area contributed by atoms with Crippen molar-refractivity contribution >= 4 is 51.3 Å². The third-order valence-electron chi connectivity index (χ3n) is 2.73. The number of thiazole rings is 1. The summed E-state index contributed by atoms with van der Waals surface area (Å²) in [7, 11) is -3.15. The molecule has 0 saturated carbocycles. The highest BCUT2D eigenvalue weighted by atomic mass is 127. The molecule has 0 unspecified atom stereocenters. The molecule has 1 rings (SSSR count). The average Bonchev–Trinajstić information content (AvgIpc) is 2.89. The maximum Gasteiger partial charge on any atom is 0.211 e. The fraction of sp³-hybridized carbons (Fsp3) is 0.692. The highest BCUT2D eigenvalue weighted by molar-refractivity contribution is 14.0. The molecule has 0 radical (unpaired) electrons. The Labute approximate surface area is 159 Å². The summed E-state index contributed by atoms with van der Waals surface area (Å²) in [6, 6.07) is 0. The van der Waals surface area contributed by atoms with Crippen LogP contribution in [0.3, 0.4) is 0 Å². The minimum atomic E-state index is -3.15. The van der Waals surface area contributed by atoms with Crippen molar-refractivity contribution in [1.82, 2.24) is 20.3 Å². The third kappa shape index (κ3) is 10.1. The van der Waals surface area contributed by atoms with Crippen molar-refractivity contribution in [3.8, 4) is 0 Å². The van der Waals surface area contributed by atoms with E-state index in [1.165, 1.54) is 4.88 Å². The van der Waals surface area contributed by atoms with Gasteiger partial charge < -0.3 is 10.6 Å². The van der Waals surface area contributed by atoms with Crippen LogP contribution in [0, 0.1) is 6.92 Å². The van der Waals surface area contributed by atoms with Gasteiger partial charge in [-0.05, 0) is 20.8 Å². The fourth-order valence-corrected chi connectivity index (χ4v) is 3.01. The van der Waals surface area contributed by atoms with Gasteiger partial charge in [-0.3, -0.25) is 4.99 Å². The fourth-order valence-electron chi connectivity index (χ4n) is 1.62. The zero-order valence-corrected chi connectivity index (χ0v) is 17.7. The van der Waals surface area contributed by atoms with Gasteiger partial charge in [-0.25, -0.2) is 18.1 Å². The van der Waals surface area contributed by atoms with E-state index in [0.29, 0.717) is 19.0 Å². The van der Waals surface area contributed by atoms with Crippen LogP contribution < -0.4 is 15.4 Å². The minimum absolute atomic E-state index is 0. The monoisotopic (exact) mass is 475 g/mol. The lowest BCUT2D eigenvalue weighted by Crippen LogP contribution is -2.39. The molecule has 1 aromatic heterocycles. The van der Waals surface area contributed by atoms with Gasteiger partial charge >= 0.3 is 0 Å². The number of nitrogens with zero attached hydrogens (tertiary/aromatic N) is 2. The van der Waals surface area contributed by atoms with Crippen LogP contribution >= 0.6 is 35.3 Å². The second-order valence-corrected chi connectivity index (χ2v) is 8.01. The van der Waals surface area contributed by atoms with Crippen LogP contribution in [-0.4, -0.2) is 51.3 Å². The largest absolute Gasteiger partial charge is 0.357 e. The van der Waals surface area contributed by atoms with Crippen LogP contribution in [0.1, 0.15) is 23.7 Å². The highest BCUT2D eigenvalue weighted by Gasteiger charge is 2.04. The van der Waals surface area contributed by atoms with Crippen molar-refractivity contribution in [3.63, 3.8) is 0 Å². The van der Waals surface area contributed by atoms with Crippen molar-refractivity contribution in [1.29, 1.82) is 0 Å². The quantitative estimate of drug-likeness (QED) is 0.215. The summed E-state index contributed by atoms with van der Waals surface area (Å²) in [5.74, 6) is 0.772. The van der Waals surface area contributed by atoms with Gasteiger partial charge in [0.25, 0.3) is 0 Å². The maximum absolute atomic E-state index is 11.3. The van der Waals surface area contributed by atoms with E-state index < -0.39 is 10.0 Å². The van der Waals surface area contributed by atoms with Gasteiger partial charge in [-0.2, -0.15) is 0 Å². The molecule has 0 amide bonds. The molecule has 1 heterocycles. The van der Waals surface area contributed by atoms with Crippen molar-refractivity contribution in [2.75, 3.05) is 31.9 Å². The Balaban J connectivity index is 0.00000484. The van der Waals surface area contributed by atoms with Crippen LogP contribution in [0.25, 0.3) is 0 Å². The number of nitrogens with one attached hydrogen (secondary N) is 3. The molecular formula is C13H26IN5O2S2. The van der Waals surface area contributed by atoms with Crippen LogP contribution in [0.15, 0.2) is 11.2 Å². The van der Waals surface area contributed by atoms with Crippen LogP contribution in [0.2, 0.25) is 0 Å². The van der Waals surface area contributed by atoms with E-state index >= 15 is 0 Å². The number of aromatic nitrogens is 1. The van der Waals surface area contributed by atoms with E-state index in [1.807, 2.05) is 20.0 Å². The summed E-state index contributed by atoms with van der Waals surface area (Å²) < 4.78 is 25.1. The number of aliphatic imine (C=N–C) groups is 1. The molecular weight excluding hydrogens is 449 g/mol. The SMILES string of the molecule is CCNC(=NCCNS(=O)(=O)CC)NCCc1ncc(C)s1.I. The Morgan fingerprint density at radius 3 is 2.61 bits per heavy atom. The zero-order valence-electron chi connectivity index (χ0n) is 13.8. The zero-order chi connectivity index (χ0) is 16.4. The second-order valence-electron chi connectivity index (χ2n) is 4.60. The van der Waals surface area contributed by atoms with Crippen LogP contribution in [0.4, 0.5) is 0 Å². The number of rotatable bonds is 9. The molecule has 0 atom stereocenters. The van der Waals surface area contributed by atoms with Crippen LogP contribution in [0.5, 0.6) is 0 Å². The standard InChI is InChI=1S/C13H25N5O2S2.HI/c1-4-14-13(16-8-9-18-22(19,20)5-2)15-7-6-12-17-10-11(3)21-12;/h10,18H,4-9H2,1-3H3,(H2,14,15,16);1H. The van der Waals surface area contributed by atoms with E-state index in [-0.39, 0.29) is 29.7 Å². The molecule has 3 N–H and O–H groups in total. The Kier molecular flexibility index (Phi) is 11.7. The number of aryl methyl sites for hydroxylation is 1. The van der Waals surface area contributed by atoms with Crippen molar-refractivity contribution in [2.24, 2.45) is 4.99 Å². The molecule has 0 spiro atoms. The Hall–Kier alpha value is -0.460. The highest BCUT2D eigenvalue weighted by Crippen LogP contribution is 2.10. The Morgan fingerprint density at radius 1 is 1.30 bits per heavy atom. The molecule has 0 aromatic carbocycles. The summed E-state index contributed by atoms with van der Waals surface area (Å²) >= 11 is 1.69. The smallest absolute Gasteiger partial charge is 0.211 e. The van der Waals surface area contributed by atoms with Crippen LogP contribution in [-0.2, 0) is 16.4 Å². The van der Waals surface area contributed by atoms with Gasteiger partial charge in [0.15, 0.2) is 5.96 Å². The van der Waals surface area contributed by atoms with E-state index in [1.54, 1.807) is 18.3 Å². The molecule has 134 valence electrons. The van der Waals surface area contributed by atoms with E-state index in [9.17, 15) is 8.42 Å². The summed E-state index contributed by atoms with van der Waals surface area (Å²) in [6.45, 7) is 7.82. The molecule has 0 fully saturated rings. The first kappa shape index (κ1) is 22.5. The number of sulfonamides is 1. The summed E-state index contributed by atoms with van der Waals surface area (Å²) in [5, 5.41) is 7.44. The van der Waals surface area contributed by atoms with Crippen molar-refractivity contribution < 1.29 is 8.42 Å². The predicted octanol–water partition coefficient (Wildman–Crippen LogP) is 1.11. The van der Waals surface area contributed by atoms with Crippen molar-refractivity contribution in [2.45, 2.75) is 27.2 Å². The maximum atomic E-state index is 11.3. The lowest BCUT2D eigenvalue weighted by atomic mass is 10.4. The first-order valence-electron chi connectivity index (χ1n) is 7.37. The normalized spacial score (nSPS) is 11.9. The molecule has 0 aliphatic rings. The Morgan fingerprint density at radius 2 is 2.04 bits per heavy atom. The van der Waals surface area contributed by atoms with Gasteiger partial charge in [-0.15, -0.1) is 35.3 Å². The molecule has 0 bridgehead atoms. The lowest BCUT2D eigenvalue weighted by molar-refractivity contribution is 0.583. The summed E-state index contributed by atoms with van der Waals surface area (Å²) in [5.41, 5.74) is 0. The first-order valence-corrected chi connectivity index (χ1v) is 9.84.